The van der Waals surface area contributed by atoms with Crippen LogP contribution in [0.25, 0.3) is 0 Å². The van der Waals surface area contributed by atoms with Crippen molar-refractivity contribution in [2.45, 2.75) is 26.3 Å². The Morgan fingerprint density at radius 1 is 1.37 bits per heavy atom. The van der Waals surface area contributed by atoms with E-state index in [0.717, 1.165) is 19.7 Å². The number of likely N-dealkylation sites (tertiary alicyclic amines) is 1. The molecule has 0 aliphatic carbocycles. The monoisotopic (exact) mass is 262 g/mol. The lowest BCUT2D eigenvalue weighted by Gasteiger charge is -2.27. The van der Waals surface area contributed by atoms with Crippen LogP contribution in [0, 0.1) is 19.8 Å². The van der Waals surface area contributed by atoms with Crippen molar-refractivity contribution in [2.24, 2.45) is 11.7 Å². The van der Waals surface area contributed by atoms with Gasteiger partial charge < -0.3 is 10.5 Å². The van der Waals surface area contributed by atoms with Crippen LogP contribution in [0.2, 0.25) is 0 Å². The topological polar surface area (TPSA) is 38.5 Å². The van der Waals surface area contributed by atoms with E-state index in [-0.39, 0.29) is 0 Å². The van der Waals surface area contributed by atoms with Crippen molar-refractivity contribution in [2.75, 3.05) is 33.4 Å². The zero-order valence-corrected chi connectivity index (χ0v) is 12.4. The maximum Gasteiger partial charge on any atom is 0.0503 e. The van der Waals surface area contributed by atoms with Crippen LogP contribution < -0.4 is 5.73 Å². The normalized spacial score (nSPS) is 21.8. The van der Waals surface area contributed by atoms with Gasteiger partial charge in [0.15, 0.2) is 0 Å². The quantitative estimate of drug-likeness (QED) is 0.884. The molecule has 1 aliphatic heterocycles. The third kappa shape index (κ3) is 3.35. The highest BCUT2D eigenvalue weighted by Crippen LogP contribution is 2.28. The Morgan fingerprint density at radius 3 is 2.79 bits per heavy atom. The second kappa shape index (κ2) is 6.51. The first-order valence-corrected chi connectivity index (χ1v) is 7.16. The lowest BCUT2D eigenvalue weighted by molar-refractivity contribution is 0.147. The van der Waals surface area contributed by atoms with Gasteiger partial charge in [-0.3, -0.25) is 4.90 Å². The lowest BCUT2D eigenvalue weighted by Crippen LogP contribution is -2.32. The van der Waals surface area contributed by atoms with Gasteiger partial charge in [-0.1, -0.05) is 18.2 Å². The maximum absolute atomic E-state index is 6.02. The summed E-state index contributed by atoms with van der Waals surface area (Å²) in [4.78, 5) is 2.51. The molecule has 1 aliphatic rings. The molecule has 1 aromatic rings. The van der Waals surface area contributed by atoms with Gasteiger partial charge in [0.05, 0.1) is 6.61 Å². The number of rotatable bonds is 5. The molecule has 3 nitrogen and oxygen atoms in total. The Morgan fingerprint density at radius 2 is 2.16 bits per heavy atom. The zero-order chi connectivity index (χ0) is 13.8. The molecule has 2 unspecified atom stereocenters. The Kier molecular flexibility index (Phi) is 4.97. The molecule has 0 radical (unpaired) electrons. The summed E-state index contributed by atoms with van der Waals surface area (Å²) < 4.78 is 5.27. The molecule has 2 rings (SSSR count). The van der Waals surface area contributed by atoms with Crippen LogP contribution in [0.4, 0.5) is 0 Å². The Hall–Kier alpha value is -0.900. The summed E-state index contributed by atoms with van der Waals surface area (Å²) in [5.74, 6) is 0.658. The van der Waals surface area contributed by atoms with Crippen LogP contribution >= 0.6 is 0 Å². The van der Waals surface area contributed by atoms with E-state index in [0.29, 0.717) is 18.5 Å². The van der Waals surface area contributed by atoms with Crippen molar-refractivity contribution in [1.82, 2.24) is 4.90 Å². The molecule has 2 N–H and O–H groups in total. The van der Waals surface area contributed by atoms with Crippen molar-refractivity contribution < 1.29 is 4.74 Å². The number of hydrogen-bond donors (Lipinski definition) is 1. The molecule has 0 spiro atoms. The van der Waals surface area contributed by atoms with Gasteiger partial charge in [-0.15, -0.1) is 0 Å². The number of nitrogens with zero attached hydrogens (tertiary/aromatic N) is 1. The predicted molar refractivity (Wildman–Crippen MR) is 79.3 cm³/mol. The van der Waals surface area contributed by atoms with Gasteiger partial charge in [0.2, 0.25) is 0 Å². The minimum Gasteiger partial charge on any atom is -0.384 e. The van der Waals surface area contributed by atoms with Crippen LogP contribution in [-0.4, -0.2) is 38.3 Å². The van der Waals surface area contributed by atoms with Crippen LogP contribution in [-0.2, 0) is 4.74 Å². The number of aryl methyl sites for hydroxylation is 2. The Bertz CT molecular complexity index is 419. The average molecular weight is 262 g/mol. The van der Waals surface area contributed by atoms with Crippen molar-refractivity contribution >= 4 is 0 Å². The minimum atomic E-state index is 0.348. The molecule has 0 amide bonds. The largest absolute Gasteiger partial charge is 0.384 e. The van der Waals surface area contributed by atoms with Gasteiger partial charge in [0, 0.05) is 26.2 Å². The van der Waals surface area contributed by atoms with E-state index in [1.807, 2.05) is 0 Å². The van der Waals surface area contributed by atoms with Gasteiger partial charge in [-0.05, 0) is 49.4 Å². The second-order valence-corrected chi connectivity index (χ2v) is 5.70. The fourth-order valence-electron chi connectivity index (χ4n) is 2.99. The average Bonchev–Trinajstić information content (AvgIpc) is 2.83. The Labute approximate surface area is 116 Å². The number of ether oxygens (including phenoxy) is 1. The summed E-state index contributed by atoms with van der Waals surface area (Å²) in [5.41, 5.74) is 10.1. The summed E-state index contributed by atoms with van der Waals surface area (Å²) in [5, 5.41) is 0. The van der Waals surface area contributed by atoms with Crippen LogP contribution in [0.1, 0.15) is 29.2 Å². The van der Waals surface area contributed by atoms with Gasteiger partial charge >= 0.3 is 0 Å². The third-order valence-electron chi connectivity index (χ3n) is 4.30. The van der Waals surface area contributed by atoms with E-state index < -0.39 is 0 Å². The molecule has 1 aromatic carbocycles. The first-order chi connectivity index (χ1) is 9.15. The molecule has 1 heterocycles. The van der Waals surface area contributed by atoms with E-state index in [1.54, 1.807) is 7.11 Å². The fourth-order valence-corrected chi connectivity index (χ4v) is 2.99. The van der Waals surface area contributed by atoms with Gasteiger partial charge in [-0.2, -0.15) is 0 Å². The van der Waals surface area contributed by atoms with Crippen LogP contribution in [0.15, 0.2) is 18.2 Å². The molecule has 1 fully saturated rings. The van der Waals surface area contributed by atoms with E-state index in [2.05, 4.69) is 36.9 Å². The number of hydrogen-bond acceptors (Lipinski definition) is 3. The molecule has 0 aromatic heterocycles. The standard InChI is InChI=1S/C16H26N2O/c1-12-4-5-15(8-13(12)2)16(9-17)18-7-6-14(10-18)11-19-3/h4-5,8,14,16H,6-7,9-11,17H2,1-3H3. The molecule has 2 atom stereocenters. The first-order valence-electron chi connectivity index (χ1n) is 7.16. The fraction of sp³-hybridized carbons (Fsp3) is 0.625. The van der Waals surface area contributed by atoms with E-state index in [1.165, 1.54) is 23.1 Å². The SMILES string of the molecule is COCC1CCN(C(CN)c2ccc(C)c(C)c2)C1. The summed E-state index contributed by atoms with van der Waals surface area (Å²) in [7, 11) is 1.78. The highest BCUT2D eigenvalue weighted by molar-refractivity contribution is 5.32. The summed E-state index contributed by atoms with van der Waals surface area (Å²) in [6, 6.07) is 7.07. The second-order valence-electron chi connectivity index (χ2n) is 5.70. The number of nitrogens with two attached hydrogens (primary N) is 1. The highest BCUT2D eigenvalue weighted by Gasteiger charge is 2.28. The first kappa shape index (κ1) is 14.5. The van der Waals surface area contributed by atoms with Crippen LogP contribution in [0.5, 0.6) is 0 Å². The van der Waals surface area contributed by atoms with Gasteiger partial charge in [-0.25, -0.2) is 0 Å². The van der Waals surface area contributed by atoms with E-state index >= 15 is 0 Å². The summed E-state index contributed by atoms with van der Waals surface area (Å²) in [6.07, 6.45) is 1.22. The minimum absolute atomic E-state index is 0.348. The summed E-state index contributed by atoms with van der Waals surface area (Å²) in [6.45, 7) is 8.10. The molecule has 106 valence electrons. The zero-order valence-electron chi connectivity index (χ0n) is 12.4. The molecule has 3 heteroatoms. The number of benzene rings is 1. The lowest BCUT2D eigenvalue weighted by atomic mass is 10.00. The maximum atomic E-state index is 6.02. The van der Waals surface area contributed by atoms with Crippen molar-refractivity contribution in [3.8, 4) is 0 Å². The molecule has 19 heavy (non-hydrogen) atoms. The van der Waals surface area contributed by atoms with E-state index in [9.17, 15) is 0 Å². The van der Waals surface area contributed by atoms with Crippen molar-refractivity contribution in [3.63, 3.8) is 0 Å². The van der Waals surface area contributed by atoms with Gasteiger partial charge in [0.25, 0.3) is 0 Å². The molecule has 0 bridgehead atoms. The Balaban J connectivity index is 2.09. The molecule has 0 saturated carbocycles. The third-order valence-corrected chi connectivity index (χ3v) is 4.30. The van der Waals surface area contributed by atoms with E-state index in [4.69, 9.17) is 10.5 Å². The molecule has 1 saturated heterocycles. The molecular weight excluding hydrogens is 236 g/mol. The summed E-state index contributed by atoms with van der Waals surface area (Å²) >= 11 is 0. The van der Waals surface area contributed by atoms with Gasteiger partial charge in [0.1, 0.15) is 0 Å². The van der Waals surface area contributed by atoms with Crippen LogP contribution in [0.3, 0.4) is 0 Å². The number of methoxy groups -OCH3 is 1. The van der Waals surface area contributed by atoms with Crippen molar-refractivity contribution in [3.05, 3.63) is 34.9 Å². The van der Waals surface area contributed by atoms with Crippen molar-refractivity contribution in [1.29, 1.82) is 0 Å². The molecular formula is C16H26N2O. The predicted octanol–water partition coefficient (Wildman–Crippen LogP) is 2.27. The smallest absolute Gasteiger partial charge is 0.0503 e. The highest BCUT2D eigenvalue weighted by atomic mass is 16.5.